The Labute approximate surface area is 99.0 Å². The summed E-state index contributed by atoms with van der Waals surface area (Å²) in [6.45, 7) is 6.53. The third-order valence-corrected chi connectivity index (χ3v) is 4.93. The minimum atomic E-state index is -0.537. The number of nitrogens with two attached hydrogens (primary N) is 1. The molecule has 0 amide bonds. The van der Waals surface area contributed by atoms with Crippen molar-refractivity contribution in [2.75, 3.05) is 0 Å². The first kappa shape index (κ1) is 12.1. The normalized spacial score (nSPS) is 39.1. The third kappa shape index (κ3) is 2.17. The number of Topliss-reactive ketones (excluding diaryl/α,β-unsaturated/α-hetero) is 1. The van der Waals surface area contributed by atoms with Crippen molar-refractivity contribution in [3.05, 3.63) is 0 Å². The minimum Gasteiger partial charge on any atom is -0.319 e. The summed E-state index contributed by atoms with van der Waals surface area (Å²) in [5.74, 6) is 2.50. The summed E-state index contributed by atoms with van der Waals surface area (Å²) in [6, 6.07) is 0. The zero-order chi connectivity index (χ0) is 11.9. The zero-order valence-electron chi connectivity index (χ0n) is 10.8. The largest absolute Gasteiger partial charge is 0.319 e. The summed E-state index contributed by atoms with van der Waals surface area (Å²) in [6.07, 6.45) is 5.61. The first-order chi connectivity index (χ1) is 7.43. The fraction of sp³-hybridized carbons (Fsp3) is 0.929. The lowest BCUT2D eigenvalue weighted by molar-refractivity contribution is -0.130. The Morgan fingerprint density at radius 2 is 1.75 bits per heavy atom. The van der Waals surface area contributed by atoms with E-state index < -0.39 is 5.54 Å². The number of rotatable bonds is 3. The molecule has 2 N–H and O–H groups in total. The van der Waals surface area contributed by atoms with E-state index in [1.807, 2.05) is 6.92 Å². The zero-order valence-corrected chi connectivity index (χ0v) is 10.8. The molecule has 0 aromatic carbocycles. The van der Waals surface area contributed by atoms with Gasteiger partial charge in [-0.3, -0.25) is 4.79 Å². The molecule has 2 nitrogen and oxygen atoms in total. The Hall–Kier alpha value is -0.370. The molecule has 2 saturated carbocycles. The predicted molar refractivity (Wildman–Crippen MR) is 66.0 cm³/mol. The molecule has 2 aliphatic carbocycles. The molecule has 16 heavy (non-hydrogen) atoms. The molecule has 2 aliphatic rings. The van der Waals surface area contributed by atoms with E-state index in [1.54, 1.807) is 0 Å². The fourth-order valence-electron chi connectivity index (χ4n) is 3.11. The van der Waals surface area contributed by atoms with Crippen LogP contribution >= 0.6 is 0 Å². The summed E-state index contributed by atoms with van der Waals surface area (Å²) >= 11 is 0. The Morgan fingerprint density at radius 3 is 2.25 bits per heavy atom. The van der Waals surface area contributed by atoms with Gasteiger partial charge in [0.25, 0.3) is 0 Å². The fourth-order valence-corrected chi connectivity index (χ4v) is 3.11. The van der Waals surface area contributed by atoms with Crippen molar-refractivity contribution in [2.45, 2.75) is 58.4 Å². The van der Waals surface area contributed by atoms with Crippen molar-refractivity contribution >= 4 is 5.78 Å². The summed E-state index contributed by atoms with van der Waals surface area (Å²) in [7, 11) is 0. The molecule has 0 radical (unpaired) electrons. The molecule has 92 valence electrons. The average molecular weight is 223 g/mol. The molecule has 0 aliphatic heterocycles. The highest BCUT2D eigenvalue weighted by atomic mass is 16.1. The molecule has 0 saturated heterocycles. The lowest BCUT2D eigenvalue weighted by atomic mass is 9.70. The Balaban J connectivity index is 1.99. The highest BCUT2D eigenvalue weighted by Crippen LogP contribution is 2.42. The molecule has 4 unspecified atom stereocenters. The van der Waals surface area contributed by atoms with Crippen LogP contribution in [0.25, 0.3) is 0 Å². The van der Waals surface area contributed by atoms with Gasteiger partial charge in [0.2, 0.25) is 0 Å². The molecular formula is C14H25NO. The van der Waals surface area contributed by atoms with Crippen molar-refractivity contribution < 1.29 is 4.79 Å². The van der Waals surface area contributed by atoms with Crippen LogP contribution in [0.1, 0.15) is 52.9 Å². The van der Waals surface area contributed by atoms with E-state index in [0.29, 0.717) is 17.6 Å². The quantitative estimate of drug-likeness (QED) is 0.799. The van der Waals surface area contributed by atoms with Gasteiger partial charge in [0.1, 0.15) is 0 Å². The molecular weight excluding hydrogens is 198 g/mol. The first-order valence-electron chi connectivity index (χ1n) is 6.76. The lowest BCUT2D eigenvalue weighted by Gasteiger charge is -2.35. The van der Waals surface area contributed by atoms with Crippen LogP contribution in [0, 0.1) is 23.7 Å². The smallest absolute Gasteiger partial charge is 0.155 e. The lowest BCUT2D eigenvalue weighted by Crippen LogP contribution is -2.51. The monoisotopic (exact) mass is 223 g/mol. The highest BCUT2D eigenvalue weighted by Gasteiger charge is 2.46. The maximum absolute atomic E-state index is 12.4. The van der Waals surface area contributed by atoms with Crippen molar-refractivity contribution in [1.29, 1.82) is 0 Å². The predicted octanol–water partition coefficient (Wildman–Crippen LogP) is 2.76. The van der Waals surface area contributed by atoms with E-state index in [9.17, 15) is 4.79 Å². The van der Waals surface area contributed by atoms with Crippen molar-refractivity contribution in [3.63, 3.8) is 0 Å². The first-order valence-corrected chi connectivity index (χ1v) is 6.76. The van der Waals surface area contributed by atoms with E-state index in [-0.39, 0.29) is 5.92 Å². The van der Waals surface area contributed by atoms with Gasteiger partial charge in [0.15, 0.2) is 5.78 Å². The summed E-state index contributed by atoms with van der Waals surface area (Å²) < 4.78 is 0. The number of carbonyl (C=O) groups excluding carboxylic acids is 1. The molecule has 2 heteroatoms. The van der Waals surface area contributed by atoms with Crippen LogP contribution in [-0.4, -0.2) is 11.3 Å². The second kappa shape index (κ2) is 4.14. The van der Waals surface area contributed by atoms with E-state index in [1.165, 1.54) is 6.42 Å². The number of carbonyl (C=O) groups is 1. The standard InChI is InChI=1S/C14H25NO/c1-9-4-5-11(8-10(9)2)13(16)14(3,15)12-6-7-12/h9-12H,4-8,15H2,1-3H3. The maximum atomic E-state index is 12.4. The van der Waals surface area contributed by atoms with Gasteiger partial charge >= 0.3 is 0 Å². The maximum Gasteiger partial charge on any atom is 0.155 e. The van der Waals surface area contributed by atoms with Gasteiger partial charge in [-0.05, 0) is 56.8 Å². The van der Waals surface area contributed by atoms with Gasteiger partial charge in [-0.25, -0.2) is 0 Å². The number of hydrogen-bond acceptors (Lipinski definition) is 2. The summed E-state index contributed by atoms with van der Waals surface area (Å²) in [5.41, 5.74) is 5.69. The van der Waals surface area contributed by atoms with Crippen LogP contribution in [0.4, 0.5) is 0 Å². The molecule has 0 bridgehead atoms. The molecule has 0 aromatic heterocycles. The second-order valence-corrected chi connectivity index (χ2v) is 6.39. The van der Waals surface area contributed by atoms with E-state index >= 15 is 0 Å². The number of ketones is 1. The van der Waals surface area contributed by atoms with Gasteiger partial charge in [-0.2, -0.15) is 0 Å². The average Bonchev–Trinajstić information content (AvgIpc) is 3.04. The van der Waals surface area contributed by atoms with Crippen LogP contribution in [0.3, 0.4) is 0 Å². The number of hydrogen-bond donors (Lipinski definition) is 1. The molecule has 2 rings (SSSR count). The van der Waals surface area contributed by atoms with Crippen molar-refractivity contribution in [2.24, 2.45) is 29.4 Å². The SMILES string of the molecule is CC1CCC(C(=O)C(C)(N)C2CC2)CC1C. The molecule has 0 aromatic rings. The molecule has 0 spiro atoms. The topological polar surface area (TPSA) is 43.1 Å². The Bertz CT molecular complexity index is 280. The van der Waals surface area contributed by atoms with Crippen LogP contribution in [0.15, 0.2) is 0 Å². The van der Waals surface area contributed by atoms with E-state index in [0.717, 1.165) is 31.6 Å². The third-order valence-electron chi connectivity index (χ3n) is 4.93. The van der Waals surface area contributed by atoms with Crippen LogP contribution in [-0.2, 0) is 4.79 Å². The van der Waals surface area contributed by atoms with Crippen LogP contribution < -0.4 is 5.73 Å². The molecule has 4 atom stereocenters. The molecule has 0 heterocycles. The van der Waals surface area contributed by atoms with Crippen molar-refractivity contribution in [1.82, 2.24) is 0 Å². The van der Waals surface area contributed by atoms with E-state index in [2.05, 4.69) is 13.8 Å². The summed E-state index contributed by atoms with van der Waals surface area (Å²) in [5, 5.41) is 0. The highest BCUT2D eigenvalue weighted by molar-refractivity contribution is 5.90. The van der Waals surface area contributed by atoms with Crippen LogP contribution in [0.5, 0.6) is 0 Å². The van der Waals surface area contributed by atoms with Gasteiger partial charge in [0.05, 0.1) is 5.54 Å². The van der Waals surface area contributed by atoms with Gasteiger partial charge < -0.3 is 5.73 Å². The van der Waals surface area contributed by atoms with Gasteiger partial charge in [-0.1, -0.05) is 13.8 Å². The summed E-state index contributed by atoms with van der Waals surface area (Å²) in [4.78, 5) is 12.4. The Kier molecular flexibility index (Phi) is 3.13. The van der Waals surface area contributed by atoms with Crippen LogP contribution in [0.2, 0.25) is 0 Å². The van der Waals surface area contributed by atoms with E-state index in [4.69, 9.17) is 5.73 Å². The van der Waals surface area contributed by atoms with Gasteiger partial charge in [-0.15, -0.1) is 0 Å². The molecule has 2 fully saturated rings. The van der Waals surface area contributed by atoms with Gasteiger partial charge in [0, 0.05) is 5.92 Å². The minimum absolute atomic E-state index is 0.238. The van der Waals surface area contributed by atoms with Crippen molar-refractivity contribution in [3.8, 4) is 0 Å². The second-order valence-electron chi connectivity index (χ2n) is 6.39. The Morgan fingerprint density at radius 1 is 1.12 bits per heavy atom.